The normalized spacial score (nSPS) is 10.9. The third kappa shape index (κ3) is 3.93. The van der Waals surface area contributed by atoms with Crippen LogP contribution in [0.2, 0.25) is 0 Å². The van der Waals surface area contributed by atoms with Gasteiger partial charge in [-0.15, -0.1) is 0 Å². The van der Waals surface area contributed by atoms with Gasteiger partial charge in [-0.1, -0.05) is 12.1 Å². The zero-order chi connectivity index (χ0) is 17.0. The molecule has 2 aromatic carbocycles. The molecule has 7 nitrogen and oxygen atoms in total. The number of hydrogen-bond donors (Lipinski definition) is 3. The van der Waals surface area contributed by atoms with E-state index in [1.165, 1.54) is 60.9 Å². The average Bonchev–Trinajstić information content (AvgIpc) is 2.54. The molecule has 0 aromatic heterocycles. The van der Waals surface area contributed by atoms with Crippen molar-refractivity contribution in [3.05, 3.63) is 59.7 Å². The van der Waals surface area contributed by atoms with Crippen molar-refractivity contribution in [2.24, 2.45) is 0 Å². The predicted octanol–water partition coefficient (Wildman–Crippen LogP) is 1.81. The number of sulfonamides is 1. The van der Waals surface area contributed by atoms with Gasteiger partial charge in [0.05, 0.1) is 4.90 Å². The molecule has 2 rings (SSSR count). The molecule has 0 spiro atoms. The van der Waals surface area contributed by atoms with Gasteiger partial charge in [-0.25, -0.2) is 13.9 Å². The van der Waals surface area contributed by atoms with E-state index < -0.39 is 15.9 Å². The fourth-order valence-corrected chi connectivity index (χ4v) is 2.90. The third-order valence-corrected chi connectivity index (χ3v) is 4.47. The monoisotopic (exact) mass is 334 g/mol. The maximum Gasteiger partial charge on any atom is 0.274 e. The number of carbonyl (C=O) groups is 2. The Morgan fingerprint density at radius 3 is 1.91 bits per heavy atom. The maximum absolute atomic E-state index is 12.2. The summed E-state index contributed by atoms with van der Waals surface area (Å²) in [5.74, 6) is -0.848. The summed E-state index contributed by atoms with van der Waals surface area (Å²) < 4.78 is 26.8. The van der Waals surface area contributed by atoms with Crippen molar-refractivity contribution in [1.29, 1.82) is 0 Å². The highest BCUT2D eigenvalue weighted by Gasteiger charge is 2.15. The summed E-state index contributed by atoms with van der Waals surface area (Å²) in [5, 5.41) is 8.52. The maximum atomic E-state index is 12.2. The number of ketones is 1. The highest BCUT2D eigenvalue weighted by Crippen LogP contribution is 2.17. The van der Waals surface area contributed by atoms with E-state index >= 15 is 0 Å². The largest absolute Gasteiger partial charge is 0.295 e. The molecule has 0 heterocycles. The highest BCUT2D eigenvalue weighted by atomic mass is 32.2. The molecule has 0 saturated carbocycles. The standard InChI is InChI=1S/C15H14N2O5S/c1-10(18)11-4-8-14(9-5-11)23(21,22)17-13-6-2-12(3-7-13)15(19)16-20/h2-9,17,20H,1H3,(H,16,19). The molecule has 2 aromatic rings. The van der Waals surface area contributed by atoms with Gasteiger partial charge in [-0.2, -0.15) is 0 Å². The molecule has 0 atom stereocenters. The van der Waals surface area contributed by atoms with Gasteiger partial charge in [0.2, 0.25) is 0 Å². The van der Waals surface area contributed by atoms with Crippen LogP contribution in [-0.2, 0) is 10.0 Å². The van der Waals surface area contributed by atoms with Gasteiger partial charge in [0.1, 0.15) is 0 Å². The molecule has 1 amide bonds. The smallest absolute Gasteiger partial charge is 0.274 e. The first-order chi connectivity index (χ1) is 10.8. The van der Waals surface area contributed by atoms with Crippen LogP contribution in [0, 0.1) is 0 Å². The summed E-state index contributed by atoms with van der Waals surface area (Å²) in [7, 11) is -3.81. The number of amides is 1. The first-order valence-corrected chi connectivity index (χ1v) is 8.00. The van der Waals surface area contributed by atoms with Gasteiger partial charge < -0.3 is 0 Å². The number of nitrogens with one attached hydrogen (secondary N) is 2. The van der Waals surface area contributed by atoms with Gasteiger partial charge in [0, 0.05) is 16.8 Å². The fourth-order valence-electron chi connectivity index (χ4n) is 1.84. The van der Waals surface area contributed by atoms with Gasteiger partial charge in [-0.3, -0.25) is 19.5 Å². The van der Waals surface area contributed by atoms with Crippen molar-refractivity contribution in [2.45, 2.75) is 11.8 Å². The minimum absolute atomic E-state index is 0.0136. The zero-order valence-electron chi connectivity index (χ0n) is 12.1. The highest BCUT2D eigenvalue weighted by molar-refractivity contribution is 7.92. The molecular formula is C15H14N2O5S. The Balaban J connectivity index is 2.20. The van der Waals surface area contributed by atoms with Crippen LogP contribution in [-0.4, -0.2) is 25.3 Å². The lowest BCUT2D eigenvalue weighted by molar-refractivity contribution is 0.0706. The molecule has 0 aliphatic carbocycles. The van der Waals surface area contributed by atoms with E-state index in [4.69, 9.17) is 5.21 Å². The molecule has 120 valence electrons. The third-order valence-electron chi connectivity index (χ3n) is 3.07. The topological polar surface area (TPSA) is 113 Å². The summed E-state index contributed by atoms with van der Waals surface area (Å²) in [6.07, 6.45) is 0. The minimum Gasteiger partial charge on any atom is -0.295 e. The lowest BCUT2D eigenvalue weighted by Gasteiger charge is -2.09. The van der Waals surface area contributed by atoms with Crippen molar-refractivity contribution >= 4 is 27.4 Å². The van der Waals surface area contributed by atoms with Crippen molar-refractivity contribution in [1.82, 2.24) is 5.48 Å². The lowest BCUT2D eigenvalue weighted by Crippen LogP contribution is -2.18. The molecular weight excluding hydrogens is 320 g/mol. The Hall–Kier alpha value is -2.71. The molecule has 0 aliphatic heterocycles. The fraction of sp³-hybridized carbons (Fsp3) is 0.0667. The van der Waals surface area contributed by atoms with Crippen molar-refractivity contribution in [2.75, 3.05) is 4.72 Å². The van der Waals surface area contributed by atoms with Crippen LogP contribution in [0.25, 0.3) is 0 Å². The van der Waals surface area contributed by atoms with Crippen LogP contribution in [0.3, 0.4) is 0 Å². The number of Topliss-reactive ketones (excluding diaryl/α,β-unsaturated/α-hetero) is 1. The van der Waals surface area contributed by atoms with Crippen LogP contribution in [0.1, 0.15) is 27.6 Å². The van der Waals surface area contributed by atoms with Crippen LogP contribution >= 0.6 is 0 Å². The quantitative estimate of drug-likeness (QED) is 0.438. The van der Waals surface area contributed by atoms with E-state index in [-0.39, 0.29) is 21.9 Å². The predicted molar refractivity (Wildman–Crippen MR) is 82.9 cm³/mol. The lowest BCUT2D eigenvalue weighted by atomic mass is 10.2. The second-order valence-electron chi connectivity index (χ2n) is 4.70. The Morgan fingerprint density at radius 2 is 1.43 bits per heavy atom. The van der Waals surface area contributed by atoms with Crippen molar-refractivity contribution in [3.63, 3.8) is 0 Å². The molecule has 0 bridgehead atoms. The van der Waals surface area contributed by atoms with Crippen LogP contribution in [0.5, 0.6) is 0 Å². The molecule has 0 aliphatic rings. The van der Waals surface area contributed by atoms with E-state index in [0.717, 1.165) is 0 Å². The van der Waals surface area contributed by atoms with Crippen LogP contribution < -0.4 is 10.2 Å². The van der Waals surface area contributed by atoms with Crippen LogP contribution in [0.15, 0.2) is 53.4 Å². The molecule has 23 heavy (non-hydrogen) atoms. The molecule has 0 saturated heterocycles. The molecule has 0 radical (unpaired) electrons. The second-order valence-corrected chi connectivity index (χ2v) is 6.39. The average molecular weight is 334 g/mol. The number of carbonyl (C=O) groups excluding carboxylic acids is 2. The van der Waals surface area contributed by atoms with Crippen molar-refractivity contribution < 1.29 is 23.2 Å². The number of hydrogen-bond acceptors (Lipinski definition) is 5. The van der Waals surface area contributed by atoms with Gasteiger partial charge in [-0.05, 0) is 43.3 Å². The Labute approximate surface area is 133 Å². The van der Waals surface area contributed by atoms with Gasteiger partial charge >= 0.3 is 0 Å². The molecule has 8 heteroatoms. The second kappa shape index (κ2) is 6.59. The summed E-state index contributed by atoms with van der Waals surface area (Å²) in [5.41, 5.74) is 2.34. The summed E-state index contributed by atoms with van der Waals surface area (Å²) in [6, 6.07) is 11.1. The van der Waals surface area contributed by atoms with E-state index in [1.54, 1.807) is 0 Å². The molecule has 3 N–H and O–H groups in total. The number of benzene rings is 2. The minimum atomic E-state index is -3.81. The Bertz CT molecular complexity index is 827. The van der Waals surface area contributed by atoms with Crippen LogP contribution in [0.4, 0.5) is 5.69 Å². The summed E-state index contributed by atoms with van der Waals surface area (Å²) >= 11 is 0. The Morgan fingerprint density at radius 1 is 0.913 bits per heavy atom. The molecule has 0 fully saturated rings. The number of rotatable bonds is 5. The van der Waals surface area contributed by atoms with E-state index in [9.17, 15) is 18.0 Å². The number of hydroxylamine groups is 1. The summed E-state index contributed by atoms with van der Waals surface area (Å²) in [4.78, 5) is 22.4. The van der Waals surface area contributed by atoms with Gasteiger partial charge in [0.25, 0.3) is 15.9 Å². The van der Waals surface area contributed by atoms with E-state index in [1.807, 2.05) is 0 Å². The van der Waals surface area contributed by atoms with Gasteiger partial charge in [0.15, 0.2) is 5.78 Å². The van der Waals surface area contributed by atoms with E-state index in [2.05, 4.69) is 4.72 Å². The zero-order valence-corrected chi connectivity index (χ0v) is 12.9. The first kappa shape index (κ1) is 16.7. The van der Waals surface area contributed by atoms with E-state index in [0.29, 0.717) is 5.56 Å². The molecule has 0 unspecified atom stereocenters. The SMILES string of the molecule is CC(=O)c1ccc(S(=O)(=O)Nc2ccc(C(=O)NO)cc2)cc1. The summed E-state index contributed by atoms with van der Waals surface area (Å²) in [6.45, 7) is 1.39. The van der Waals surface area contributed by atoms with Crippen molar-refractivity contribution in [3.8, 4) is 0 Å². The first-order valence-electron chi connectivity index (χ1n) is 6.52. The number of anilines is 1. The Kier molecular flexibility index (Phi) is 4.77.